The number of allylic oxidation sites excluding steroid dienone is 1. The normalized spacial score (nSPS) is 13.0. The fourth-order valence-corrected chi connectivity index (χ4v) is 2.32. The molecular formula is C19H20O2. The molecule has 0 heterocycles. The molecule has 2 aromatic carbocycles. The minimum Gasteiger partial charge on any atom is -0.493 e. The van der Waals surface area contributed by atoms with Crippen LogP contribution in [0.25, 0.3) is 6.08 Å². The lowest BCUT2D eigenvalue weighted by Crippen LogP contribution is -2.01. The van der Waals surface area contributed by atoms with E-state index in [1.54, 1.807) is 7.11 Å². The van der Waals surface area contributed by atoms with Crippen molar-refractivity contribution in [2.75, 3.05) is 7.11 Å². The molecule has 1 aliphatic carbocycles. The van der Waals surface area contributed by atoms with Gasteiger partial charge < -0.3 is 9.47 Å². The Bertz CT molecular complexity index is 665. The smallest absolute Gasteiger partial charge is 0.168 e. The lowest BCUT2D eigenvalue weighted by molar-refractivity contribution is 0.283. The molecule has 0 aromatic heterocycles. The molecule has 2 nitrogen and oxygen atoms in total. The summed E-state index contributed by atoms with van der Waals surface area (Å²) in [5, 5.41) is 0. The zero-order valence-electron chi connectivity index (χ0n) is 12.6. The Morgan fingerprint density at radius 2 is 1.86 bits per heavy atom. The van der Waals surface area contributed by atoms with Crippen molar-refractivity contribution in [2.45, 2.75) is 26.4 Å². The number of hydrogen-bond acceptors (Lipinski definition) is 2. The highest BCUT2D eigenvalue weighted by molar-refractivity contribution is 5.66. The fourth-order valence-electron chi connectivity index (χ4n) is 2.32. The molecular weight excluding hydrogens is 260 g/mol. The van der Waals surface area contributed by atoms with Crippen molar-refractivity contribution in [3.63, 3.8) is 0 Å². The van der Waals surface area contributed by atoms with Gasteiger partial charge in [-0.2, -0.15) is 0 Å². The summed E-state index contributed by atoms with van der Waals surface area (Å²) in [6, 6.07) is 14.3. The van der Waals surface area contributed by atoms with Gasteiger partial charge in [0, 0.05) is 5.56 Å². The molecule has 0 unspecified atom stereocenters. The number of para-hydroxylation sites is 1. The Hall–Kier alpha value is -2.22. The summed E-state index contributed by atoms with van der Waals surface area (Å²) in [4.78, 5) is 0. The molecule has 0 aliphatic heterocycles. The summed E-state index contributed by atoms with van der Waals surface area (Å²) in [6.45, 7) is 2.66. The molecule has 0 spiro atoms. The number of aryl methyl sites for hydroxylation is 1. The number of rotatable bonds is 5. The summed E-state index contributed by atoms with van der Waals surface area (Å²) in [7, 11) is 1.68. The largest absolute Gasteiger partial charge is 0.493 e. The number of hydrogen-bond donors (Lipinski definition) is 0. The molecule has 0 bridgehead atoms. The highest BCUT2D eigenvalue weighted by atomic mass is 16.5. The van der Waals surface area contributed by atoms with Crippen molar-refractivity contribution in [1.82, 2.24) is 0 Å². The maximum Gasteiger partial charge on any atom is 0.168 e. The van der Waals surface area contributed by atoms with Gasteiger partial charge in [-0.15, -0.1) is 0 Å². The average molecular weight is 280 g/mol. The van der Waals surface area contributed by atoms with Gasteiger partial charge in [-0.3, -0.25) is 0 Å². The third-order valence-corrected chi connectivity index (χ3v) is 3.76. The molecule has 0 radical (unpaired) electrons. The molecule has 21 heavy (non-hydrogen) atoms. The lowest BCUT2D eigenvalue weighted by atomic mass is 10.1. The highest BCUT2D eigenvalue weighted by Crippen LogP contribution is 2.37. The maximum atomic E-state index is 6.09. The fraction of sp³-hybridized carbons (Fsp3) is 0.263. The van der Waals surface area contributed by atoms with Crippen LogP contribution in [-0.4, -0.2) is 7.11 Å². The summed E-state index contributed by atoms with van der Waals surface area (Å²) >= 11 is 0. The van der Waals surface area contributed by atoms with E-state index in [-0.39, 0.29) is 0 Å². The van der Waals surface area contributed by atoms with Gasteiger partial charge in [-0.1, -0.05) is 48.0 Å². The van der Waals surface area contributed by atoms with Crippen LogP contribution in [0.15, 0.2) is 48.0 Å². The second-order valence-corrected chi connectivity index (χ2v) is 5.40. The van der Waals surface area contributed by atoms with Crippen molar-refractivity contribution in [3.8, 4) is 11.5 Å². The predicted molar refractivity (Wildman–Crippen MR) is 85.7 cm³/mol. The number of ether oxygens (including phenoxy) is 2. The average Bonchev–Trinajstić information content (AvgIpc) is 3.31. The summed E-state index contributed by atoms with van der Waals surface area (Å²) in [5.74, 6) is 1.63. The molecule has 1 fully saturated rings. The van der Waals surface area contributed by atoms with E-state index in [1.807, 2.05) is 24.3 Å². The van der Waals surface area contributed by atoms with E-state index in [2.05, 4.69) is 31.2 Å². The third-order valence-electron chi connectivity index (χ3n) is 3.76. The van der Waals surface area contributed by atoms with Gasteiger partial charge >= 0.3 is 0 Å². The van der Waals surface area contributed by atoms with Gasteiger partial charge in [0.2, 0.25) is 0 Å². The van der Waals surface area contributed by atoms with Crippen LogP contribution in [0.2, 0.25) is 0 Å². The van der Waals surface area contributed by atoms with E-state index in [0.717, 1.165) is 17.1 Å². The lowest BCUT2D eigenvalue weighted by Gasteiger charge is -2.14. The summed E-state index contributed by atoms with van der Waals surface area (Å²) < 4.78 is 11.5. The zero-order chi connectivity index (χ0) is 14.7. The second kappa shape index (κ2) is 6.04. The van der Waals surface area contributed by atoms with Crippen LogP contribution in [0.4, 0.5) is 0 Å². The first-order valence-electron chi connectivity index (χ1n) is 7.31. The summed E-state index contributed by atoms with van der Waals surface area (Å²) in [6.07, 6.45) is 4.62. The molecule has 0 amide bonds. The molecule has 0 atom stereocenters. The first-order chi connectivity index (χ1) is 10.3. The van der Waals surface area contributed by atoms with E-state index >= 15 is 0 Å². The Morgan fingerprint density at radius 3 is 2.57 bits per heavy atom. The minimum atomic E-state index is 0.559. The second-order valence-electron chi connectivity index (χ2n) is 5.40. The van der Waals surface area contributed by atoms with Gasteiger partial charge in [0.25, 0.3) is 0 Å². The molecule has 1 aliphatic rings. The van der Waals surface area contributed by atoms with Crippen LogP contribution < -0.4 is 9.47 Å². The standard InChI is InChI=1S/C19H20O2/c1-14-6-3-4-7-17(14)13-21-19-16(12-15-10-11-15)8-5-9-18(19)20-2/h3-9,12H,10-11,13H2,1-2H3. The van der Waals surface area contributed by atoms with E-state index in [9.17, 15) is 0 Å². The molecule has 0 N–H and O–H groups in total. The highest BCUT2D eigenvalue weighted by Gasteiger charge is 2.15. The van der Waals surface area contributed by atoms with Crippen LogP contribution in [-0.2, 0) is 6.61 Å². The van der Waals surface area contributed by atoms with Crippen molar-refractivity contribution in [2.24, 2.45) is 0 Å². The molecule has 2 heteroatoms. The number of methoxy groups -OCH3 is 1. The molecule has 108 valence electrons. The van der Waals surface area contributed by atoms with Gasteiger partial charge in [0.15, 0.2) is 11.5 Å². The van der Waals surface area contributed by atoms with Crippen molar-refractivity contribution < 1.29 is 9.47 Å². The quantitative estimate of drug-likeness (QED) is 0.786. The Labute approximate surface area is 126 Å². The topological polar surface area (TPSA) is 18.5 Å². The predicted octanol–water partition coefficient (Wildman–Crippen LogP) is 4.76. The maximum absolute atomic E-state index is 6.09. The van der Waals surface area contributed by atoms with Crippen molar-refractivity contribution in [1.29, 1.82) is 0 Å². The van der Waals surface area contributed by atoms with Crippen molar-refractivity contribution in [3.05, 3.63) is 64.7 Å². The Kier molecular flexibility index (Phi) is 3.96. The first kappa shape index (κ1) is 13.7. The van der Waals surface area contributed by atoms with Gasteiger partial charge in [0.1, 0.15) is 6.61 Å². The van der Waals surface area contributed by atoms with Crippen LogP contribution in [0.1, 0.15) is 29.5 Å². The van der Waals surface area contributed by atoms with Crippen LogP contribution in [0.3, 0.4) is 0 Å². The van der Waals surface area contributed by atoms with Crippen LogP contribution >= 0.6 is 0 Å². The van der Waals surface area contributed by atoms with E-state index in [4.69, 9.17) is 9.47 Å². The minimum absolute atomic E-state index is 0.559. The summed E-state index contributed by atoms with van der Waals surface area (Å²) in [5.41, 5.74) is 5.03. The number of benzene rings is 2. The van der Waals surface area contributed by atoms with E-state index in [0.29, 0.717) is 6.61 Å². The zero-order valence-corrected chi connectivity index (χ0v) is 12.6. The SMILES string of the molecule is COc1cccc(C=C2CC2)c1OCc1ccccc1C. The van der Waals surface area contributed by atoms with Gasteiger partial charge in [-0.05, 0) is 37.0 Å². The van der Waals surface area contributed by atoms with Gasteiger partial charge in [-0.25, -0.2) is 0 Å². The van der Waals surface area contributed by atoms with Crippen LogP contribution in [0.5, 0.6) is 11.5 Å². The molecule has 3 rings (SSSR count). The molecule has 1 saturated carbocycles. The Morgan fingerprint density at radius 1 is 1.05 bits per heavy atom. The monoisotopic (exact) mass is 280 g/mol. The first-order valence-corrected chi connectivity index (χ1v) is 7.31. The van der Waals surface area contributed by atoms with Crippen molar-refractivity contribution >= 4 is 6.08 Å². The van der Waals surface area contributed by atoms with E-state index < -0.39 is 0 Å². The molecule has 0 saturated heterocycles. The van der Waals surface area contributed by atoms with Gasteiger partial charge in [0.05, 0.1) is 7.11 Å². The van der Waals surface area contributed by atoms with Crippen LogP contribution in [0, 0.1) is 6.92 Å². The van der Waals surface area contributed by atoms with E-state index in [1.165, 1.54) is 29.5 Å². The Balaban J connectivity index is 1.86. The third kappa shape index (κ3) is 3.27. The molecule has 2 aromatic rings.